The van der Waals surface area contributed by atoms with Gasteiger partial charge in [-0.2, -0.15) is 18.6 Å². The van der Waals surface area contributed by atoms with Crippen LogP contribution < -0.4 is 32.5 Å². The predicted molar refractivity (Wildman–Crippen MR) is 174 cm³/mol. The second-order valence-corrected chi connectivity index (χ2v) is 16.3. The molecule has 6 rings (SSSR count). The third kappa shape index (κ3) is 8.23. The number of aromatic nitrogens is 6. The van der Waals surface area contributed by atoms with Gasteiger partial charge in [0.05, 0.1) is 19.5 Å². The van der Waals surface area contributed by atoms with E-state index in [4.69, 9.17) is 30.5 Å². The van der Waals surface area contributed by atoms with Crippen molar-refractivity contribution in [3.8, 4) is 0 Å². The van der Waals surface area contributed by atoms with Gasteiger partial charge in [0.25, 0.3) is 11.1 Å². The van der Waals surface area contributed by atoms with Crippen molar-refractivity contribution in [1.29, 1.82) is 0 Å². The van der Waals surface area contributed by atoms with E-state index >= 15 is 0 Å². The summed E-state index contributed by atoms with van der Waals surface area (Å²) in [6.07, 6.45) is -11.4. The molecule has 2 saturated heterocycles. The minimum absolute atomic E-state index is 0.0539. The third-order valence-electron chi connectivity index (χ3n) is 7.93. The summed E-state index contributed by atoms with van der Waals surface area (Å²) in [7, 11) is -14.6. The van der Waals surface area contributed by atoms with Gasteiger partial charge in [0.15, 0.2) is 23.2 Å². The van der Waals surface area contributed by atoms with Crippen molar-refractivity contribution in [3.63, 3.8) is 0 Å². The molecule has 2 fully saturated rings. The number of rotatable bonds is 14. The number of aromatic amines is 2. The van der Waals surface area contributed by atoms with E-state index in [1.807, 2.05) is 0 Å². The summed E-state index contributed by atoms with van der Waals surface area (Å²) in [6, 6.07) is 0. The topological polar surface area (TPSA) is 414 Å². The number of anilines is 4. The van der Waals surface area contributed by atoms with Crippen molar-refractivity contribution in [2.75, 3.05) is 55.5 Å². The van der Waals surface area contributed by atoms with Gasteiger partial charge in [-0.1, -0.05) is 0 Å². The average Bonchev–Trinajstić information content (AvgIpc) is 3.77. The fourth-order valence-electron chi connectivity index (χ4n) is 5.59. The molecular weight excluding hydrogens is 801 g/mol. The van der Waals surface area contributed by atoms with Gasteiger partial charge in [-0.25, -0.2) is 28.6 Å². The van der Waals surface area contributed by atoms with Crippen molar-refractivity contribution >= 4 is 58.0 Å². The molecule has 29 nitrogen and oxygen atoms in total. The molecular formula is C22H33N10O19P3. The molecule has 3 unspecified atom stereocenters. The highest BCUT2D eigenvalue weighted by Crippen LogP contribution is 2.67. The molecule has 3 aliphatic rings. The van der Waals surface area contributed by atoms with Crippen molar-refractivity contribution in [3.05, 3.63) is 27.0 Å². The molecule has 0 bridgehead atoms. The van der Waals surface area contributed by atoms with Crippen LogP contribution in [0.4, 0.5) is 23.4 Å². The number of phosphoric acid groups is 3. The highest BCUT2D eigenvalue weighted by atomic mass is 31.3. The molecule has 3 aromatic heterocycles. The van der Waals surface area contributed by atoms with Gasteiger partial charge in [-0.05, 0) is 0 Å². The number of phosphoric ester groups is 2. The third-order valence-corrected chi connectivity index (χ3v) is 12.2. The van der Waals surface area contributed by atoms with E-state index in [9.17, 15) is 53.3 Å². The van der Waals surface area contributed by atoms with Gasteiger partial charge in [0, 0.05) is 14.2 Å². The van der Waals surface area contributed by atoms with Crippen LogP contribution in [0.3, 0.4) is 0 Å². The van der Waals surface area contributed by atoms with Gasteiger partial charge in [0.2, 0.25) is 18.2 Å². The lowest BCUT2D eigenvalue weighted by Crippen LogP contribution is -2.39. The number of nitrogens with two attached hydrogens (primary N) is 2. The Labute approximate surface area is 299 Å². The number of ether oxygens (including phenoxy) is 3. The molecule has 12 N–H and O–H groups in total. The van der Waals surface area contributed by atoms with Crippen molar-refractivity contribution in [2.45, 2.75) is 49.1 Å². The molecule has 0 aliphatic carbocycles. The second kappa shape index (κ2) is 14.9. The van der Waals surface area contributed by atoms with Gasteiger partial charge >= 0.3 is 23.5 Å². The van der Waals surface area contributed by atoms with E-state index in [2.05, 4.69) is 42.6 Å². The van der Waals surface area contributed by atoms with Gasteiger partial charge in [-0.3, -0.25) is 33.2 Å². The van der Waals surface area contributed by atoms with Crippen LogP contribution in [0, 0.1) is 0 Å². The molecule has 3 aromatic rings. The summed E-state index contributed by atoms with van der Waals surface area (Å²) in [6.45, 7) is -2.21. The monoisotopic (exact) mass is 834 g/mol. The fraction of sp³-hybridized carbons (Fsp3) is 0.591. The van der Waals surface area contributed by atoms with Crippen LogP contribution in [0.2, 0.25) is 0 Å². The normalized spacial score (nSPS) is 30.4. The van der Waals surface area contributed by atoms with Gasteiger partial charge in [0.1, 0.15) is 49.0 Å². The zero-order valence-electron chi connectivity index (χ0n) is 27.5. The zero-order valence-corrected chi connectivity index (χ0v) is 30.2. The van der Waals surface area contributed by atoms with Crippen LogP contribution in [-0.2, 0) is 50.4 Å². The number of nitrogens with zero attached hydrogens (tertiary/aromatic N) is 6. The molecule has 3 aliphatic heterocycles. The Morgan fingerprint density at radius 3 is 2.11 bits per heavy atom. The average molecular weight is 834 g/mol. The lowest BCUT2D eigenvalue weighted by molar-refractivity contribution is -0.175. The second-order valence-electron chi connectivity index (χ2n) is 11.7. The van der Waals surface area contributed by atoms with Gasteiger partial charge < -0.3 is 60.6 Å². The molecule has 0 spiro atoms. The van der Waals surface area contributed by atoms with Crippen LogP contribution in [0.1, 0.15) is 6.23 Å². The minimum Gasteiger partial charge on any atom is -0.387 e. The number of fused-ring (bicyclic) bond motifs is 2. The van der Waals surface area contributed by atoms with Crippen LogP contribution in [-0.4, -0.2) is 136 Å². The van der Waals surface area contributed by atoms with Crippen molar-refractivity contribution in [2.24, 2.45) is 0 Å². The summed E-state index contributed by atoms with van der Waals surface area (Å²) in [5, 5.41) is 32.6. The first-order chi connectivity index (χ1) is 25.2. The number of imidazole rings is 1. The molecule has 54 heavy (non-hydrogen) atoms. The van der Waals surface area contributed by atoms with Crippen LogP contribution in [0.25, 0.3) is 11.2 Å². The SMILES string of the molecule is CO[C@@H]1[C@H](O)[C@@H](COP(=O)(O)OP(=O)(O)OP(=O)(O)OC[C@H]2O[C@@H](ON3CN(C)c4c3nc(N)[nH]c4=O)[C@H](O)[C@@H]2O)O[C@H]1n1cnc2c(=O)[nH]c(N)nc21. The first-order valence-corrected chi connectivity index (χ1v) is 19.5. The predicted octanol–water partition coefficient (Wildman–Crippen LogP) is -3.70. The number of H-pyrrole nitrogens is 2. The number of nitrogens with one attached hydrogen (secondary N) is 2. The maximum absolute atomic E-state index is 12.6. The summed E-state index contributed by atoms with van der Waals surface area (Å²) in [5.74, 6) is -0.574. The Balaban J connectivity index is 1.02. The zero-order chi connectivity index (χ0) is 39.5. The molecule has 32 heteroatoms. The van der Waals surface area contributed by atoms with E-state index in [1.54, 1.807) is 0 Å². The molecule has 11 atom stereocenters. The summed E-state index contributed by atoms with van der Waals surface area (Å²) in [5.41, 5.74) is 9.77. The fourth-order valence-corrected chi connectivity index (χ4v) is 9.11. The summed E-state index contributed by atoms with van der Waals surface area (Å²) < 4.78 is 72.4. The van der Waals surface area contributed by atoms with Gasteiger partial charge in [-0.15, -0.1) is 0 Å². The minimum atomic E-state index is -5.99. The molecule has 0 aromatic carbocycles. The smallest absolute Gasteiger partial charge is 0.387 e. The number of nitrogen functional groups attached to an aromatic ring is 2. The number of hydrogen-bond acceptors (Lipinski definition) is 23. The Kier molecular flexibility index (Phi) is 11.1. The Morgan fingerprint density at radius 1 is 0.889 bits per heavy atom. The number of aliphatic hydroxyl groups excluding tert-OH is 3. The standard InChI is InChI=1S/C22H33N10O19P3/c1-30-6-32(16-10(30)18(37)29-22(24)27-16)49-20-13(35)11(33)7(48-20)3-45-52(38,39)50-54(42,43)51-53(40,41)46-4-8-12(34)14(44-2)19(47-8)31-5-25-9-15(31)26-21(23)28-17(9)36/h5,7-8,11-14,19-20,33-35H,3-4,6H2,1-2H3,(H,38,39)(H,40,41)(H,42,43)(H3,23,26,28,36)(H3,24,27,29,37)/t7-,8-,11-,12-,13-,14-,19-,20+/m1/s1. The van der Waals surface area contributed by atoms with Crippen LogP contribution >= 0.6 is 23.5 Å². The molecule has 0 radical (unpaired) electrons. The molecule has 300 valence electrons. The largest absolute Gasteiger partial charge is 0.490 e. The van der Waals surface area contributed by atoms with E-state index in [0.29, 0.717) is 0 Å². The first-order valence-electron chi connectivity index (χ1n) is 15.0. The lowest BCUT2D eigenvalue weighted by Gasteiger charge is -2.23. The highest BCUT2D eigenvalue weighted by molar-refractivity contribution is 7.66. The lowest BCUT2D eigenvalue weighted by atomic mass is 10.1. The van der Waals surface area contributed by atoms with E-state index < -0.39 is 96.9 Å². The molecule has 6 heterocycles. The summed E-state index contributed by atoms with van der Waals surface area (Å²) in [4.78, 5) is 77.9. The number of hydroxylamine groups is 1. The Hall–Kier alpha value is -3.44. The number of methoxy groups -OCH3 is 1. The van der Waals surface area contributed by atoms with Crippen LogP contribution in [0.15, 0.2) is 15.9 Å². The number of hydrogen-bond donors (Lipinski definition) is 10. The highest BCUT2D eigenvalue weighted by Gasteiger charge is 2.50. The van der Waals surface area contributed by atoms with Crippen LogP contribution in [0.5, 0.6) is 0 Å². The van der Waals surface area contributed by atoms with E-state index in [-0.39, 0.29) is 41.2 Å². The molecule has 0 amide bonds. The first kappa shape index (κ1) is 40.2. The Morgan fingerprint density at radius 2 is 1.48 bits per heavy atom. The maximum atomic E-state index is 12.6. The Bertz CT molecular complexity index is 2150. The molecule has 0 saturated carbocycles. The van der Waals surface area contributed by atoms with E-state index in [1.165, 1.54) is 23.6 Å². The van der Waals surface area contributed by atoms with E-state index in [0.717, 1.165) is 11.4 Å². The quantitative estimate of drug-likeness (QED) is 0.0699. The van der Waals surface area contributed by atoms with Crippen molar-refractivity contribution < 1.29 is 80.4 Å². The number of aliphatic hydroxyl groups is 3. The maximum Gasteiger partial charge on any atom is 0.490 e. The van der Waals surface area contributed by atoms with Crippen molar-refractivity contribution in [1.82, 2.24) is 29.5 Å². The summed E-state index contributed by atoms with van der Waals surface area (Å²) >= 11 is 0.